The van der Waals surface area contributed by atoms with E-state index < -0.39 is 22.1 Å². The Morgan fingerprint density at radius 3 is 2.00 bits per heavy atom. The highest BCUT2D eigenvalue weighted by Gasteiger charge is 2.34. The summed E-state index contributed by atoms with van der Waals surface area (Å²) in [6, 6.07) is 3.78. The molecule has 1 heterocycles. The van der Waals surface area contributed by atoms with Gasteiger partial charge in [-0.05, 0) is 70.7 Å². The van der Waals surface area contributed by atoms with Crippen LogP contribution in [0.3, 0.4) is 0 Å². The van der Waals surface area contributed by atoms with E-state index >= 15 is 0 Å². The number of hydrogen-bond acceptors (Lipinski definition) is 5. The standard InChI is InChI=1S/C22H32F3N3O4S/c1-21(2,3)28-14-12-27(13-15-28)20(29)16-4-6-17(7-5-16)26-33(30,31)19-10-8-18(9-11-19)32-22(23,24)25/h8-11,16-17,26H,4-7,12-15H2,1-3H3. The fourth-order valence-corrected chi connectivity index (χ4v) is 5.73. The van der Waals surface area contributed by atoms with E-state index in [1.807, 2.05) is 4.90 Å². The van der Waals surface area contributed by atoms with Crippen molar-refractivity contribution in [1.82, 2.24) is 14.5 Å². The number of sulfonamides is 1. The third-order valence-corrected chi connectivity index (χ3v) is 7.84. The lowest BCUT2D eigenvalue weighted by Crippen LogP contribution is -2.55. The van der Waals surface area contributed by atoms with Gasteiger partial charge in [0.1, 0.15) is 5.75 Å². The zero-order valence-electron chi connectivity index (χ0n) is 19.2. The normalized spacial score (nSPS) is 23.4. The predicted molar refractivity (Wildman–Crippen MR) is 117 cm³/mol. The molecule has 33 heavy (non-hydrogen) atoms. The second-order valence-corrected chi connectivity index (χ2v) is 11.4. The zero-order valence-corrected chi connectivity index (χ0v) is 20.0. The summed E-state index contributed by atoms with van der Waals surface area (Å²) in [5, 5.41) is 0. The first-order valence-electron chi connectivity index (χ1n) is 11.2. The van der Waals surface area contributed by atoms with Gasteiger partial charge in [-0.2, -0.15) is 0 Å². The summed E-state index contributed by atoms with van der Waals surface area (Å²) >= 11 is 0. The van der Waals surface area contributed by atoms with Gasteiger partial charge in [0.25, 0.3) is 0 Å². The van der Waals surface area contributed by atoms with Gasteiger partial charge >= 0.3 is 6.36 Å². The number of halogens is 3. The van der Waals surface area contributed by atoms with Gasteiger partial charge in [-0.15, -0.1) is 13.2 Å². The summed E-state index contributed by atoms with van der Waals surface area (Å²) in [6.07, 6.45) is -2.57. The summed E-state index contributed by atoms with van der Waals surface area (Å²) < 4.78 is 68.4. The average molecular weight is 492 g/mol. The van der Waals surface area contributed by atoms with Crippen LogP contribution in [0.5, 0.6) is 5.75 Å². The summed E-state index contributed by atoms with van der Waals surface area (Å²) in [4.78, 5) is 17.1. The Morgan fingerprint density at radius 1 is 0.970 bits per heavy atom. The quantitative estimate of drug-likeness (QED) is 0.684. The first kappa shape index (κ1) is 25.8. The third-order valence-electron chi connectivity index (χ3n) is 6.31. The van der Waals surface area contributed by atoms with E-state index in [0.717, 1.165) is 37.4 Å². The fraction of sp³-hybridized carbons (Fsp3) is 0.682. The van der Waals surface area contributed by atoms with E-state index in [4.69, 9.17) is 0 Å². The van der Waals surface area contributed by atoms with Gasteiger partial charge in [0, 0.05) is 43.7 Å². The van der Waals surface area contributed by atoms with Crippen LogP contribution in [0.15, 0.2) is 29.2 Å². The Morgan fingerprint density at radius 2 is 1.52 bits per heavy atom. The van der Waals surface area contributed by atoms with Crippen LogP contribution in [0.4, 0.5) is 13.2 Å². The van der Waals surface area contributed by atoms with Crippen molar-refractivity contribution in [2.24, 2.45) is 5.92 Å². The summed E-state index contributed by atoms with van der Waals surface area (Å²) in [7, 11) is -3.89. The molecule has 1 saturated carbocycles. The minimum Gasteiger partial charge on any atom is -0.406 e. The maximum Gasteiger partial charge on any atom is 0.573 e. The molecule has 0 spiro atoms. The topological polar surface area (TPSA) is 79.0 Å². The Hall–Kier alpha value is -1.85. The second kappa shape index (κ2) is 9.79. The first-order valence-corrected chi connectivity index (χ1v) is 12.6. The molecule has 11 heteroatoms. The lowest BCUT2D eigenvalue weighted by Gasteiger charge is -2.43. The van der Waals surface area contributed by atoms with Gasteiger partial charge < -0.3 is 9.64 Å². The van der Waals surface area contributed by atoms with Crippen molar-refractivity contribution < 1.29 is 31.1 Å². The number of amides is 1. The molecule has 1 aliphatic heterocycles. The molecule has 0 radical (unpaired) electrons. The molecular weight excluding hydrogens is 459 g/mol. The number of alkyl halides is 3. The van der Waals surface area contributed by atoms with Gasteiger partial charge in [0.05, 0.1) is 4.90 Å². The highest BCUT2D eigenvalue weighted by Crippen LogP contribution is 2.29. The number of nitrogens with zero attached hydrogens (tertiary/aromatic N) is 2. The Balaban J connectivity index is 1.49. The number of benzene rings is 1. The molecule has 0 unspecified atom stereocenters. The van der Waals surface area contributed by atoms with E-state index in [1.54, 1.807) is 0 Å². The molecule has 2 aliphatic rings. The molecule has 1 aromatic carbocycles. The van der Waals surface area contributed by atoms with Crippen LogP contribution < -0.4 is 9.46 Å². The van der Waals surface area contributed by atoms with Crippen molar-refractivity contribution in [3.8, 4) is 5.75 Å². The molecule has 0 bridgehead atoms. The Bertz CT molecular complexity index is 914. The van der Waals surface area contributed by atoms with Crippen LogP contribution >= 0.6 is 0 Å². The number of carbonyl (C=O) groups excluding carboxylic acids is 1. The van der Waals surface area contributed by atoms with Gasteiger partial charge in [-0.25, -0.2) is 13.1 Å². The summed E-state index contributed by atoms with van der Waals surface area (Å²) in [6.45, 7) is 9.59. The average Bonchev–Trinajstić information content (AvgIpc) is 2.72. The zero-order chi connectivity index (χ0) is 24.4. The van der Waals surface area contributed by atoms with Gasteiger partial charge in [-0.3, -0.25) is 9.69 Å². The molecule has 2 fully saturated rings. The SMILES string of the molecule is CC(C)(C)N1CCN(C(=O)C2CCC(NS(=O)(=O)c3ccc(OC(F)(F)F)cc3)CC2)CC1. The maximum atomic E-state index is 12.9. The predicted octanol–water partition coefficient (Wildman–Crippen LogP) is 3.37. The molecule has 7 nitrogen and oxygen atoms in total. The number of ether oxygens (including phenoxy) is 1. The highest BCUT2D eigenvalue weighted by atomic mass is 32.2. The van der Waals surface area contributed by atoms with Crippen molar-refractivity contribution in [2.45, 2.75) is 69.3 Å². The van der Waals surface area contributed by atoms with E-state index in [9.17, 15) is 26.4 Å². The van der Waals surface area contributed by atoms with Gasteiger partial charge in [-0.1, -0.05) is 0 Å². The van der Waals surface area contributed by atoms with Crippen molar-refractivity contribution >= 4 is 15.9 Å². The van der Waals surface area contributed by atoms with E-state index in [0.29, 0.717) is 38.8 Å². The molecule has 1 aromatic rings. The fourth-order valence-electron chi connectivity index (χ4n) is 4.42. The van der Waals surface area contributed by atoms with Gasteiger partial charge in [0.15, 0.2) is 0 Å². The Kier molecular flexibility index (Phi) is 7.65. The van der Waals surface area contributed by atoms with Crippen molar-refractivity contribution in [1.29, 1.82) is 0 Å². The van der Waals surface area contributed by atoms with Crippen LogP contribution in [-0.4, -0.2) is 68.2 Å². The molecule has 3 rings (SSSR count). The van der Waals surface area contributed by atoms with Crippen LogP contribution in [-0.2, 0) is 14.8 Å². The molecular formula is C22H32F3N3O4S. The van der Waals surface area contributed by atoms with E-state index in [-0.39, 0.29) is 28.3 Å². The van der Waals surface area contributed by atoms with Crippen molar-refractivity contribution in [2.75, 3.05) is 26.2 Å². The first-order chi connectivity index (χ1) is 15.2. The van der Waals surface area contributed by atoms with Gasteiger partial charge in [0.2, 0.25) is 15.9 Å². The number of rotatable bonds is 5. The minimum absolute atomic E-state index is 0.0794. The second-order valence-electron chi connectivity index (χ2n) is 9.67. The van der Waals surface area contributed by atoms with Crippen molar-refractivity contribution in [3.63, 3.8) is 0 Å². The molecule has 0 aromatic heterocycles. The summed E-state index contributed by atoms with van der Waals surface area (Å²) in [5.41, 5.74) is 0.0794. The van der Waals surface area contributed by atoms with E-state index in [2.05, 4.69) is 35.1 Å². The minimum atomic E-state index is -4.84. The number of piperazine rings is 1. The van der Waals surface area contributed by atoms with Crippen LogP contribution in [0.1, 0.15) is 46.5 Å². The number of nitrogens with one attached hydrogen (secondary N) is 1. The highest BCUT2D eigenvalue weighted by molar-refractivity contribution is 7.89. The number of hydrogen-bond donors (Lipinski definition) is 1. The smallest absolute Gasteiger partial charge is 0.406 e. The van der Waals surface area contributed by atoms with Crippen molar-refractivity contribution in [3.05, 3.63) is 24.3 Å². The molecule has 1 saturated heterocycles. The van der Waals surface area contributed by atoms with Crippen LogP contribution in [0.2, 0.25) is 0 Å². The third kappa shape index (κ3) is 7.07. The number of carbonyl (C=O) groups is 1. The molecule has 1 amide bonds. The molecule has 1 N–H and O–H groups in total. The Labute approximate surface area is 193 Å². The molecule has 1 aliphatic carbocycles. The van der Waals surface area contributed by atoms with Crippen LogP contribution in [0.25, 0.3) is 0 Å². The lowest BCUT2D eigenvalue weighted by atomic mass is 9.85. The molecule has 0 atom stereocenters. The maximum absolute atomic E-state index is 12.9. The monoisotopic (exact) mass is 491 g/mol. The van der Waals surface area contributed by atoms with E-state index in [1.165, 1.54) is 0 Å². The lowest BCUT2D eigenvalue weighted by molar-refractivity contribution is -0.274. The van der Waals surface area contributed by atoms with Crippen LogP contribution in [0, 0.1) is 5.92 Å². The summed E-state index contributed by atoms with van der Waals surface area (Å²) in [5.74, 6) is -0.445. The largest absolute Gasteiger partial charge is 0.573 e. The molecule has 186 valence electrons.